The average molecular weight is 252 g/mol. The molecule has 0 aromatic carbocycles. The number of unbranched alkanes of at least 4 members (excludes halogenated alkanes) is 5. The van der Waals surface area contributed by atoms with Crippen molar-refractivity contribution in [1.82, 2.24) is 0 Å². The summed E-state index contributed by atoms with van der Waals surface area (Å²) in [6.45, 7) is 4.02. The van der Waals surface area contributed by atoms with E-state index in [1.165, 1.54) is 12.8 Å². The molecule has 18 heavy (non-hydrogen) atoms. The van der Waals surface area contributed by atoms with Crippen molar-refractivity contribution in [3.8, 4) is 0 Å². The van der Waals surface area contributed by atoms with Gasteiger partial charge in [-0.1, -0.05) is 50.5 Å². The fraction of sp³-hybridized carbons (Fsp3) is 0.688. The molecule has 2 heteroatoms. The third-order valence-electron chi connectivity index (χ3n) is 2.93. The third-order valence-corrected chi connectivity index (χ3v) is 2.93. The molecule has 0 aliphatic rings. The lowest BCUT2D eigenvalue weighted by atomic mass is 9.98. The summed E-state index contributed by atoms with van der Waals surface area (Å²) in [5.41, 5.74) is -0.684. The van der Waals surface area contributed by atoms with Crippen LogP contribution >= 0.6 is 0 Å². The van der Waals surface area contributed by atoms with Crippen LogP contribution in [0.2, 0.25) is 0 Å². The first-order valence-corrected chi connectivity index (χ1v) is 7.13. The summed E-state index contributed by atoms with van der Waals surface area (Å²) in [6.07, 6.45) is 16.8. The van der Waals surface area contributed by atoms with Gasteiger partial charge in [-0.05, 0) is 32.6 Å². The summed E-state index contributed by atoms with van der Waals surface area (Å²) >= 11 is 0. The van der Waals surface area contributed by atoms with E-state index in [1.807, 2.05) is 25.2 Å². The van der Waals surface area contributed by atoms with E-state index in [0.717, 1.165) is 38.4 Å². The van der Waals surface area contributed by atoms with Gasteiger partial charge in [0.2, 0.25) is 0 Å². The minimum absolute atomic E-state index is 0.663. The molecule has 0 spiro atoms. The Labute approximate surface area is 112 Å². The van der Waals surface area contributed by atoms with E-state index in [1.54, 1.807) is 0 Å². The van der Waals surface area contributed by atoms with E-state index in [4.69, 9.17) is 0 Å². The molecule has 1 atom stereocenters. The van der Waals surface area contributed by atoms with E-state index in [-0.39, 0.29) is 0 Å². The fourth-order valence-electron chi connectivity index (χ4n) is 1.74. The highest BCUT2D eigenvalue weighted by atomic mass is 16.3. The Morgan fingerprint density at radius 1 is 1.06 bits per heavy atom. The Balaban J connectivity index is 3.70. The zero-order valence-corrected chi connectivity index (χ0v) is 11.9. The monoisotopic (exact) mass is 252 g/mol. The summed E-state index contributed by atoms with van der Waals surface area (Å²) in [5, 5.41) is 10.1. The normalized spacial score (nSPS) is 15.3. The van der Waals surface area contributed by atoms with Crippen LogP contribution in [-0.4, -0.2) is 17.0 Å². The SMILES string of the molecule is CCCCC[C@@](C)(O)/C=C/C=C\CCCCC=O. The second-order valence-electron chi connectivity index (χ2n) is 5.05. The highest BCUT2D eigenvalue weighted by Gasteiger charge is 2.14. The number of hydrogen-bond donors (Lipinski definition) is 1. The van der Waals surface area contributed by atoms with Crippen LogP contribution in [0.25, 0.3) is 0 Å². The Morgan fingerprint density at radius 2 is 1.78 bits per heavy atom. The van der Waals surface area contributed by atoms with E-state index in [2.05, 4.69) is 13.0 Å². The standard InChI is InChI=1S/C16H28O2/c1-3-4-10-13-16(2,18)14-11-8-6-5-7-9-12-15-17/h6,8,11,14-15,18H,3-5,7,9-10,12-13H2,1-2H3/b8-6-,14-11+/t16-/m1/s1. The van der Waals surface area contributed by atoms with Crippen LogP contribution in [0.1, 0.15) is 65.2 Å². The molecule has 2 nitrogen and oxygen atoms in total. The first-order valence-electron chi connectivity index (χ1n) is 7.13. The first kappa shape index (κ1) is 17.1. The zero-order chi connectivity index (χ0) is 13.7. The highest BCUT2D eigenvalue weighted by molar-refractivity contribution is 5.48. The number of rotatable bonds is 11. The van der Waals surface area contributed by atoms with Gasteiger partial charge in [-0.15, -0.1) is 0 Å². The number of hydrogen-bond acceptors (Lipinski definition) is 2. The summed E-state index contributed by atoms with van der Waals surface area (Å²) in [7, 11) is 0. The molecule has 0 rings (SSSR count). The van der Waals surface area contributed by atoms with Gasteiger partial charge in [0.1, 0.15) is 6.29 Å². The van der Waals surface area contributed by atoms with Crippen LogP contribution in [-0.2, 0) is 4.79 Å². The number of carbonyl (C=O) groups is 1. The van der Waals surface area contributed by atoms with Gasteiger partial charge in [0, 0.05) is 6.42 Å². The maximum atomic E-state index is 10.1. The summed E-state index contributed by atoms with van der Waals surface area (Å²) in [6, 6.07) is 0. The van der Waals surface area contributed by atoms with Gasteiger partial charge in [-0.2, -0.15) is 0 Å². The molecule has 0 aliphatic carbocycles. The maximum absolute atomic E-state index is 10.1. The van der Waals surface area contributed by atoms with E-state index >= 15 is 0 Å². The topological polar surface area (TPSA) is 37.3 Å². The van der Waals surface area contributed by atoms with Crippen molar-refractivity contribution < 1.29 is 9.90 Å². The number of carbonyl (C=O) groups excluding carboxylic acids is 1. The molecule has 0 bridgehead atoms. The van der Waals surface area contributed by atoms with Gasteiger partial charge in [-0.3, -0.25) is 0 Å². The smallest absolute Gasteiger partial charge is 0.119 e. The quantitative estimate of drug-likeness (QED) is 0.340. The molecule has 0 amide bonds. The van der Waals surface area contributed by atoms with Crippen molar-refractivity contribution in [2.45, 2.75) is 70.8 Å². The molecular weight excluding hydrogens is 224 g/mol. The van der Waals surface area contributed by atoms with E-state index in [0.29, 0.717) is 6.42 Å². The molecule has 0 fully saturated rings. The Kier molecular flexibility index (Phi) is 10.7. The summed E-state index contributed by atoms with van der Waals surface area (Å²) in [5.74, 6) is 0. The van der Waals surface area contributed by atoms with Gasteiger partial charge in [0.15, 0.2) is 0 Å². The molecule has 0 radical (unpaired) electrons. The third kappa shape index (κ3) is 11.6. The van der Waals surface area contributed by atoms with Crippen LogP contribution in [0.5, 0.6) is 0 Å². The molecule has 0 saturated heterocycles. The van der Waals surface area contributed by atoms with Crippen LogP contribution in [0.4, 0.5) is 0 Å². The summed E-state index contributed by atoms with van der Waals surface area (Å²) in [4.78, 5) is 10.1. The fourth-order valence-corrected chi connectivity index (χ4v) is 1.74. The average Bonchev–Trinajstić information content (AvgIpc) is 2.33. The Morgan fingerprint density at radius 3 is 2.44 bits per heavy atom. The van der Waals surface area contributed by atoms with Gasteiger partial charge >= 0.3 is 0 Å². The van der Waals surface area contributed by atoms with Crippen molar-refractivity contribution >= 4 is 6.29 Å². The van der Waals surface area contributed by atoms with Crippen LogP contribution in [0.15, 0.2) is 24.3 Å². The first-order chi connectivity index (χ1) is 8.62. The highest BCUT2D eigenvalue weighted by Crippen LogP contribution is 2.16. The number of allylic oxidation sites excluding steroid dienone is 3. The lowest BCUT2D eigenvalue weighted by Gasteiger charge is -2.18. The van der Waals surface area contributed by atoms with E-state index < -0.39 is 5.60 Å². The van der Waals surface area contributed by atoms with Crippen LogP contribution in [0, 0.1) is 0 Å². The van der Waals surface area contributed by atoms with Gasteiger partial charge in [0.05, 0.1) is 5.60 Å². The molecular formula is C16H28O2. The predicted molar refractivity (Wildman–Crippen MR) is 77.6 cm³/mol. The Hall–Kier alpha value is -0.890. The van der Waals surface area contributed by atoms with Crippen LogP contribution < -0.4 is 0 Å². The number of aliphatic hydroxyl groups is 1. The minimum Gasteiger partial charge on any atom is -0.386 e. The summed E-state index contributed by atoms with van der Waals surface area (Å²) < 4.78 is 0. The molecule has 0 aromatic rings. The van der Waals surface area contributed by atoms with Gasteiger partial charge < -0.3 is 9.90 Å². The largest absolute Gasteiger partial charge is 0.386 e. The van der Waals surface area contributed by atoms with Crippen molar-refractivity contribution in [3.63, 3.8) is 0 Å². The van der Waals surface area contributed by atoms with E-state index in [9.17, 15) is 9.90 Å². The molecule has 0 saturated carbocycles. The number of aldehydes is 1. The minimum atomic E-state index is -0.684. The molecule has 0 unspecified atom stereocenters. The molecule has 104 valence electrons. The van der Waals surface area contributed by atoms with Crippen molar-refractivity contribution in [2.75, 3.05) is 0 Å². The second kappa shape index (κ2) is 11.2. The van der Waals surface area contributed by atoms with Crippen LogP contribution in [0.3, 0.4) is 0 Å². The van der Waals surface area contributed by atoms with Gasteiger partial charge in [0.25, 0.3) is 0 Å². The second-order valence-corrected chi connectivity index (χ2v) is 5.05. The lowest BCUT2D eigenvalue weighted by Crippen LogP contribution is -2.20. The molecule has 1 N–H and O–H groups in total. The molecule has 0 heterocycles. The Bertz CT molecular complexity index is 252. The van der Waals surface area contributed by atoms with Crippen molar-refractivity contribution in [1.29, 1.82) is 0 Å². The van der Waals surface area contributed by atoms with Crippen molar-refractivity contribution in [3.05, 3.63) is 24.3 Å². The molecule has 0 aromatic heterocycles. The predicted octanol–water partition coefficient (Wildman–Crippen LogP) is 4.19. The van der Waals surface area contributed by atoms with Crippen molar-refractivity contribution in [2.24, 2.45) is 0 Å². The molecule has 0 aliphatic heterocycles. The zero-order valence-electron chi connectivity index (χ0n) is 11.9. The lowest BCUT2D eigenvalue weighted by molar-refractivity contribution is -0.107. The van der Waals surface area contributed by atoms with Gasteiger partial charge in [-0.25, -0.2) is 0 Å². The maximum Gasteiger partial charge on any atom is 0.119 e.